The van der Waals surface area contributed by atoms with Gasteiger partial charge in [0.15, 0.2) is 5.78 Å². The van der Waals surface area contributed by atoms with Crippen molar-refractivity contribution >= 4 is 45.7 Å². The largest absolute Gasteiger partial charge is 0.495 e. The molecule has 0 radical (unpaired) electrons. The molecule has 0 saturated carbocycles. The number of rotatable bonds is 4. The SMILES string of the molecule is COc1c(I)cc([N+](=O)[O-])cc1C(=O)CCl. The molecule has 0 aliphatic carbocycles. The van der Waals surface area contributed by atoms with Gasteiger partial charge < -0.3 is 4.74 Å². The Kier molecular flexibility index (Phi) is 4.48. The molecule has 0 unspecified atom stereocenters. The van der Waals surface area contributed by atoms with Gasteiger partial charge in [0.2, 0.25) is 0 Å². The number of hydrogen-bond donors (Lipinski definition) is 0. The fraction of sp³-hybridized carbons (Fsp3) is 0.222. The number of alkyl halides is 1. The lowest BCUT2D eigenvalue weighted by Gasteiger charge is -2.08. The van der Waals surface area contributed by atoms with Crippen LogP contribution in [0.25, 0.3) is 0 Å². The van der Waals surface area contributed by atoms with Gasteiger partial charge in [-0.1, -0.05) is 0 Å². The molecule has 0 aliphatic heterocycles. The van der Waals surface area contributed by atoms with Crippen molar-refractivity contribution in [2.45, 2.75) is 0 Å². The second-order valence-corrected chi connectivity index (χ2v) is 4.25. The third-order valence-corrected chi connectivity index (χ3v) is 2.91. The molecule has 5 nitrogen and oxygen atoms in total. The number of carbonyl (C=O) groups is 1. The summed E-state index contributed by atoms with van der Waals surface area (Å²) in [6, 6.07) is 2.51. The van der Waals surface area contributed by atoms with Gasteiger partial charge in [0.1, 0.15) is 5.75 Å². The van der Waals surface area contributed by atoms with E-state index < -0.39 is 10.7 Å². The molecule has 0 heterocycles. The minimum atomic E-state index is -0.563. The van der Waals surface area contributed by atoms with Crippen molar-refractivity contribution in [3.63, 3.8) is 0 Å². The molecular formula is C9H7ClINO4. The summed E-state index contributed by atoms with van der Waals surface area (Å²) in [7, 11) is 1.40. The van der Waals surface area contributed by atoms with Crippen LogP contribution < -0.4 is 4.74 Å². The number of nitro benzene ring substituents is 1. The van der Waals surface area contributed by atoms with Crippen LogP contribution in [-0.2, 0) is 0 Å². The van der Waals surface area contributed by atoms with Crippen LogP contribution in [0.15, 0.2) is 12.1 Å². The fourth-order valence-electron chi connectivity index (χ4n) is 1.17. The second kappa shape index (κ2) is 5.44. The Balaban J connectivity index is 3.42. The van der Waals surface area contributed by atoms with Gasteiger partial charge in [0.25, 0.3) is 5.69 Å². The minimum absolute atomic E-state index is 0.135. The van der Waals surface area contributed by atoms with Gasteiger partial charge in [-0.2, -0.15) is 0 Å². The van der Waals surface area contributed by atoms with Crippen molar-refractivity contribution in [1.29, 1.82) is 0 Å². The van der Waals surface area contributed by atoms with Crippen molar-refractivity contribution in [2.24, 2.45) is 0 Å². The highest BCUT2D eigenvalue weighted by Gasteiger charge is 2.20. The third kappa shape index (κ3) is 2.62. The number of halogens is 2. The van der Waals surface area contributed by atoms with E-state index in [1.807, 2.05) is 22.6 Å². The maximum absolute atomic E-state index is 11.5. The average molecular weight is 356 g/mol. The van der Waals surface area contributed by atoms with Gasteiger partial charge in [0.05, 0.1) is 27.0 Å². The first-order valence-corrected chi connectivity index (χ1v) is 5.73. The van der Waals surface area contributed by atoms with Crippen LogP contribution in [0.2, 0.25) is 0 Å². The molecule has 0 amide bonds. The monoisotopic (exact) mass is 355 g/mol. The van der Waals surface area contributed by atoms with E-state index in [0.29, 0.717) is 9.32 Å². The Labute approximate surface area is 110 Å². The standard InChI is InChI=1S/C9H7ClINO4/c1-16-9-6(8(13)4-10)2-5(12(14)15)3-7(9)11/h2-3H,4H2,1H3. The van der Waals surface area contributed by atoms with E-state index in [1.54, 1.807) is 0 Å². The van der Waals surface area contributed by atoms with Crippen molar-refractivity contribution in [3.05, 3.63) is 31.4 Å². The Morgan fingerprint density at radius 2 is 2.25 bits per heavy atom. The highest BCUT2D eigenvalue weighted by molar-refractivity contribution is 14.1. The molecule has 1 aromatic carbocycles. The quantitative estimate of drug-likeness (QED) is 0.274. The highest BCUT2D eigenvalue weighted by atomic mass is 127. The second-order valence-electron chi connectivity index (χ2n) is 2.82. The zero-order chi connectivity index (χ0) is 12.3. The summed E-state index contributed by atoms with van der Waals surface area (Å²) in [5, 5.41) is 10.6. The number of benzene rings is 1. The number of nitrogens with zero attached hydrogens (tertiary/aromatic N) is 1. The van der Waals surface area contributed by atoms with Crippen LogP contribution in [0.1, 0.15) is 10.4 Å². The van der Waals surface area contributed by atoms with Crippen LogP contribution in [0.4, 0.5) is 5.69 Å². The van der Waals surface area contributed by atoms with Crippen LogP contribution in [-0.4, -0.2) is 23.7 Å². The number of hydrogen-bond acceptors (Lipinski definition) is 4. The summed E-state index contributed by atoms with van der Waals surface area (Å²) < 4.78 is 5.53. The van der Waals surface area contributed by atoms with Gasteiger partial charge in [0, 0.05) is 12.1 Å². The molecule has 0 bridgehead atoms. The summed E-state index contributed by atoms with van der Waals surface area (Å²) in [5.41, 5.74) is -0.0187. The number of non-ortho nitro benzene ring substituents is 1. The molecular weight excluding hydrogens is 348 g/mol. The summed E-state index contributed by atoms with van der Waals surface area (Å²) in [4.78, 5) is 21.6. The van der Waals surface area contributed by atoms with Crippen molar-refractivity contribution in [1.82, 2.24) is 0 Å². The predicted octanol–water partition coefficient (Wildman–Crippen LogP) is 2.63. The summed E-state index contributed by atoms with van der Waals surface area (Å²) >= 11 is 7.29. The van der Waals surface area contributed by atoms with Crippen molar-refractivity contribution in [3.8, 4) is 5.75 Å². The van der Waals surface area contributed by atoms with E-state index in [9.17, 15) is 14.9 Å². The number of ether oxygens (including phenoxy) is 1. The van der Waals surface area contributed by atoms with Crippen LogP contribution in [0, 0.1) is 13.7 Å². The highest BCUT2D eigenvalue weighted by Crippen LogP contribution is 2.30. The van der Waals surface area contributed by atoms with Gasteiger partial charge in [-0.05, 0) is 22.6 Å². The van der Waals surface area contributed by atoms with E-state index in [4.69, 9.17) is 16.3 Å². The molecule has 0 aromatic heterocycles. The normalized spacial score (nSPS) is 9.94. The minimum Gasteiger partial charge on any atom is -0.495 e. The first kappa shape index (κ1) is 13.2. The lowest BCUT2D eigenvalue weighted by molar-refractivity contribution is -0.385. The fourth-order valence-corrected chi connectivity index (χ4v) is 2.14. The average Bonchev–Trinajstić information content (AvgIpc) is 2.26. The van der Waals surface area contributed by atoms with E-state index in [-0.39, 0.29) is 17.1 Å². The molecule has 0 saturated heterocycles. The first-order chi connectivity index (χ1) is 7.51. The molecule has 0 fully saturated rings. The van der Waals surface area contributed by atoms with E-state index >= 15 is 0 Å². The zero-order valence-corrected chi connectivity index (χ0v) is 11.1. The maximum atomic E-state index is 11.5. The molecule has 86 valence electrons. The predicted molar refractivity (Wildman–Crippen MR) is 67.4 cm³/mol. The Bertz CT molecular complexity index is 449. The topological polar surface area (TPSA) is 69.4 Å². The van der Waals surface area contributed by atoms with Gasteiger partial charge in [-0.25, -0.2) is 0 Å². The van der Waals surface area contributed by atoms with Gasteiger partial charge >= 0.3 is 0 Å². The van der Waals surface area contributed by atoms with Crippen LogP contribution in [0.5, 0.6) is 5.75 Å². The molecule has 0 spiro atoms. The zero-order valence-electron chi connectivity index (χ0n) is 8.20. The molecule has 0 N–H and O–H groups in total. The van der Waals surface area contributed by atoms with Crippen LogP contribution in [0.3, 0.4) is 0 Å². The summed E-state index contributed by atoms with van der Waals surface area (Å²) in [6.45, 7) is 0. The van der Waals surface area contributed by atoms with E-state index in [0.717, 1.165) is 0 Å². The van der Waals surface area contributed by atoms with Crippen molar-refractivity contribution in [2.75, 3.05) is 13.0 Å². The van der Waals surface area contributed by atoms with E-state index in [2.05, 4.69) is 0 Å². The van der Waals surface area contributed by atoms with E-state index in [1.165, 1.54) is 19.2 Å². The Hall–Kier alpha value is -0.890. The summed E-state index contributed by atoms with van der Waals surface area (Å²) in [6.07, 6.45) is 0. The lowest BCUT2D eigenvalue weighted by Crippen LogP contribution is -2.06. The number of methoxy groups -OCH3 is 1. The Morgan fingerprint density at radius 3 is 2.69 bits per heavy atom. The maximum Gasteiger partial charge on any atom is 0.271 e. The molecule has 1 rings (SSSR count). The molecule has 1 aromatic rings. The van der Waals surface area contributed by atoms with Crippen LogP contribution >= 0.6 is 34.2 Å². The summed E-state index contributed by atoms with van der Waals surface area (Å²) in [5.74, 6) is -0.329. The van der Waals surface area contributed by atoms with Gasteiger partial charge in [-0.3, -0.25) is 14.9 Å². The number of carbonyl (C=O) groups excluding carboxylic acids is 1. The molecule has 7 heteroatoms. The smallest absolute Gasteiger partial charge is 0.271 e. The third-order valence-electron chi connectivity index (χ3n) is 1.87. The number of ketones is 1. The van der Waals surface area contributed by atoms with Crippen molar-refractivity contribution < 1.29 is 14.5 Å². The number of nitro groups is 1. The Morgan fingerprint density at radius 1 is 1.62 bits per heavy atom. The molecule has 0 atom stereocenters. The first-order valence-electron chi connectivity index (χ1n) is 4.12. The number of Topliss-reactive ketones (excluding diaryl/α,β-unsaturated/α-hetero) is 1. The molecule has 0 aliphatic rings. The van der Waals surface area contributed by atoms with Gasteiger partial charge in [-0.15, -0.1) is 11.6 Å². The molecule has 16 heavy (non-hydrogen) atoms. The lowest BCUT2D eigenvalue weighted by atomic mass is 10.1.